The van der Waals surface area contributed by atoms with Crippen molar-refractivity contribution < 1.29 is 0 Å². The molecular weight excluding hydrogens is 532 g/mol. The van der Waals surface area contributed by atoms with E-state index in [-0.39, 0.29) is 5.41 Å². The maximum Gasteiger partial charge on any atom is 0.0542 e. The van der Waals surface area contributed by atoms with Crippen LogP contribution in [0.2, 0.25) is 0 Å². The Hall–Kier alpha value is -5.34. The molecule has 7 aromatic carbocycles. The second kappa shape index (κ2) is 10.1. The van der Waals surface area contributed by atoms with E-state index in [0.29, 0.717) is 0 Å². The van der Waals surface area contributed by atoms with Crippen LogP contribution in [0.1, 0.15) is 26.3 Å². The molecular formula is C42H34N2. The number of aromatic nitrogens is 1. The van der Waals surface area contributed by atoms with Gasteiger partial charge in [-0.05, 0) is 99.9 Å². The third-order valence-corrected chi connectivity index (χ3v) is 8.87. The lowest BCUT2D eigenvalue weighted by Crippen LogP contribution is -2.10. The molecule has 44 heavy (non-hydrogen) atoms. The minimum atomic E-state index is 0.0404. The van der Waals surface area contributed by atoms with Crippen LogP contribution >= 0.6 is 0 Å². The first kappa shape index (κ1) is 26.3. The Morgan fingerprint density at radius 2 is 1.00 bits per heavy atom. The van der Waals surface area contributed by atoms with Crippen molar-refractivity contribution in [2.24, 2.45) is 0 Å². The zero-order chi connectivity index (χ0) is 29.8. The first-order chi connectivity index (χ1) is 21.5. The van der Waals surface area contributed by atoms with Gasteiger partial charge in [-0.25, -0.2) is 0 Å². The van der Waals surface area contributed by atoms with Gasteiger partial charge in [0.2, 0.25) is 0 Å². The third-order valence-electron chi connectivity index (χ3n) is 8.87. The molecule has 2 nitrogen and oxygen atoms in total. The molecule has 0 saturated carbocycles. The topological polar surface area (TPSA) is 8.17 Å². The Labute approximate surface area is 258 Å². The Morgan fingerprint density at radius 3 is 1.66 bits per heavy atom. The second-order valence-electron chi connectivity index (χ2n) is 12.7. The van der Waals surface area contributed by atoms with E-state index in [1.807, 2.05) is 0 Å². The predicted molar refractivity (Wildman–Crippen MR) is 189 cm³/mol. The minimum Gasteiger partial charge on any atom is -0.310 e. The van der Waals surface area contributed by atoms with Crippen LogP contribution in [0.15, 0.2) is 152 Å². The highest BCUT2D eigenvalue weighted by molar-refractivity contribution is 6.13. The number of hydrogen-bond donors (Lipinski definition) is 0. The van der Waals surface area contributed by atoms with E-state index in [4.69, 9.17) is 0 Å². The quantitative estimate of drug-likeness (QED) is 0.192. The molecule has 212 valence electrons. The van der Waals surface area contributed by atoms with Crippen LogP contribution in [0.5, 0.6) is 0 Å². The summed E-state index contributed by atoms with van der Waals surface area (Å²) in [6, 6.07) is 55.3. The summed E-state index contributed by atoms with van der Waals surface area (Å²) in [5.41, 5.74) is 8.41. The van der Waals surface area contributed by atoms with Crippen molar-refractivity contribution in [1.29, 1.82) is 0 Å². The van der Waals surface area contributed by atoms with E-state index in [1.54, 1.807) is 0 Å². The number of anilines is 3. The molecule has 1 heterocycles. The largest absolute Gasteiger partial charge is 0.310 e. The molecule has 8 aromatic rings. The maximum absolute atomic E-state index is 2.47. The molecule has 0 atom stereocenters. The molecule has 0 spiro atoms. The average molecular weight is 567 g/mol. The van der Waals surface area contributed by atoms with Gasteiger partial charge in [0.1, 0.15) is 0 Å². The average Bonchev–Trinajstić information content (AvgIpc) is 3.37. The van der Waals surface area contributed by atoms with E-state index in [2.05, 4.69) is 182 Å². The first-order valence-electron chi connectivity index (χ1n) is 15.4. The Kier molecular flexibility index (Phi) is 6.06. The van der Waals surface area contributed by atoms with Crippen molar-refractivity contribution in [2.75, 3.05) is 4.90 Å². The SMILES string of the molecule is CC(C)(C)c1ccc2c(c1)c1cc(N(c3ccccc3)c3ccccc3)ccc1n2-c1cccc2cc3ccccc3cc12. The number of hydrogen-bond acceptors (Lipinski definition) is 1. The summed E-state index contributed by atoms with van der Waals surface area (Å²) in [5.74, 6) is 0. The van der Waals surface area contributed by atoms with Crippen LogP contribution in [-0.4, -0.2) is 4.57 Å². The van der Waals surface area contributed by atoms with Gasteiger partial charge in [0.25, 0.3) is 0 Å². The fraction of sp³-hybridized carbons (Fsp3) is 0.0952. The smallest absolute Gasteiger partial charge is 0.0542 e. The van der Waals surface area contributed by atoms with Gasteiger partial charge in [0.15, 0.2) is 0 Å². The van der Waals surface area contributed by atoms with Gasteiger partial charge in [0, 0.05) is 33.2 Å². The van der Waals surface area contributed by atoms with E-state index in [1.165, 1.54) is 54.6 Å². The first-order valence-corrected chi connectivity index (χ1v) is 15.4. The lowest BCUT2D eigenvalue weighted by atomic mass is 9.86. The molecule has 0 unspecified atom stereocenters. The van der Waals surface area contributed by atoms with Gasteiger partial charge in [-0.3, -0.25) is 0 Å². The fourth-order valence-corrected chi connectivity index (χ4v) is 6.62. The Morgan fingerprint density at radius 1 is 0.432 bits per heavy atom. The summed E-state index contributed by atoms with van der Waals surface area (Å²) in [5, 5.41) is 7.54. The summed E-state index contributed by atoms with van der Waals surface area (Å²) in [4.78, 5) is 2.35. The highest BCUT2D eigenvalue weighted by atomic mass is 15.1. The summed E-state index contributed by atoms with van der Waals surface area (Å²) in [6.07, 6.45) is 0. The number of nitrogens with zero attached hydrogens (tertiary/aromatic N) is 2. The number of para-hydroxylation sites is 2. The molecule has 0 fully saturated rings. The molecule has 0 bridgehead atoms. The van der Waals surface area contributed by atoms with Gasteiger partial charge < -0.3 is 9.47 Å². The summed E-state index contributed by atoms with van der Waals surface area (Å²) >= 11 is 0. The Balaban J connectivity index is 1.44. The van der Waals surface area contributed by atoms with E-state index >= 15 is 0 Å². The molecule has 1 aromatic heterocycles. The van der Waals surface area contributed by atoms with Crippen LogP contribution in [0.3, 0.4) is 0 Å². The zero-order valence-electron chi connectivity index (χ0n) is 25.3. The van der Waals surface area contributed by atoms with Gasteiger partial charge in [-0.15, -0.1) is 0 Å². The van der Waals surface area contributed by atoms with E-state index < -0.39 is 0 Å². The molecule has 0 aliphatic rings. The fourth-order valence-electron chi connectivity index (χ4n) is 6.62. The maximum atomic E-state index is 2.47. The lowest BCUT2D eigenvalue weighted by molar-refractivity contribution is 0.591. The van der Waals surface area contributed by atoms with E-state index in [0.717, 1.165) is 17.1 Å². The Bertz CT molecular complexity index is 2270. The van der Waals surface area contributed by atoms with Crippen molar-refractivity contribution in [3.05, 3.63) is 157 Å². The monoisotopic (exact) mass is 566 g/mol. The predicted octanol–water partition coefficient (Wildman–Crippen LogP) is 11.9. The summed E-state index contributed by atoms with van der Waals surface area (Å²) < 4.78 is 2.47. The second-order valence-corrected chi connectivity index (χ2v) is 12.7. The molecule has 0 N–H and O–H groups in total. The molecule has 8 rings (SSSR count). The van der Waals surface area contributed by atoms with Crippen molar-refractivity contribution >= 4 is 60.4 Å². The molecule has 0 amide bonds. The van der Waals surface area contributed by atoms with Gasteiger partial charge in [-0.1, -0.05) is 99.6 Å². The summed E-state index contributed by atoms with van der Waals surface area (Å²) in [6.45, 7) is 6.88. The normalized spacial score (nSPS) is 12.0. The highest BCUT2D eigenvalue weighted by Crippen LogP contribution is 2.41. The van der Waals surface area contributed by atoms with Crippen LogP contribution in [0.4, 0.5) is 17.1 Å². The van der Waals surface area contributed by atoms with Gasteiger partial charge in [-0.2, -0.15) is 0 Å². The standard InChI is InChI=1S/C42H34N2/c1-42(2,3)32-21-23-40-37(27-32)38-28-35(43(33-16-6-4-7-17-33)34-18-8-5-9-19-34)22-24-41(38)44(40)39-20-12-15-31-25-29-13-10-11-14-30(29)26-36(31)39/h4-28H,1-3H3. The molecule has 2 heteroatoms. The van der Waals surface area contributed by atoms with Crippen LogP contribution in [-0.2, 0) is 5.41 Å². The minimum absolute atomic E-state index is 0.0404. The molecule has 0 aliphatic heterocycles. The van der Waals surface area contributed by atoms with Gasteiger partial charge >= 0.3 is 0 Å². The van der Waals surface area contributed by atoms with Gasteiger partial charge in [0.05, 0.1) is 16.7 Å². The molecule has 0 saturated heterocycles. The van der Waals surface area contributed by atoms with Crippen molar-refractivity contribution in [2.45, 2.75) is 26.2 Å². The lowest BCUT2D eigenvalue weighted by Gasteiger charge is -2.25. The third kappa shape index (κ3) is 4.34. The van der Waals surface area contributed by atoms with Crippen molar-refractivity contribution in [3.63, 3.8) is 0 Å². The van der Waals surface area contributed by atoms with Crippen LogP contribution in [0, 0.1) is 0 Å². The molecule has 0 aliphatic carbocycles. The van der Waals surface area contributed by atoms with Crippen LogP contribution in [0.25, 0.3) is 49.0 Å². The number of fused-ring (bicyclic) bond motifs is 5. The van der Waals surface area contributed by atoms with Crippen LogP contribution < -0.4 is 4.90 Å². The molecule has 0 radical (unpaired) electrons. The highest BCUT2D eigenvalue weighted by Gasteiger charge is 2.21. The number of rotatable bonds is 4. The van der Waals surface area contributed by atoms with E-state index in [9.17, 15) is 0 Å². The zero-order valence-corrected chi connectivity index (χ0v) is 25.3. The van der Waals surface area contributed by atoms with Crippen molar-refractivity contribution in [1.82, 2.24) is 4.57 Å². The number of benzene rings is 7. The van der Waals surface area contributed by atoms with Crippen molar-refractivity contribution in [3.8, 4) is 5.69 Å². The summed E-state index contributed by atoms with van der Waals surface area (Å²) in [7, 11) is 0.